The number of benzene rings is 1. The number of fused-ring (bicyclic) bond motifs is 1. The molecule has 0 bridgehead atoms. The van der Waals surface area contributed by atoms with Crippen molar-refractivity contribution in [2.45, 2.75) is 64.3 Å². The van der Waals surface area contributed by atoms with Gasteiger partial charge in [0.05, 0.1) is 11.3 Å². The molecule has 2 amide bonds. The highest BCUT2D eigenvalue weighted by atomic mass is 19.1. The van der Waals surface area contributed by atoms with Crippen molar-refractivity contribution >= 4 is 17.6 Å². The van der Waals surface area contributed by atoms with Crippen molar-refractivity contribution in [1.82, 2.24) is 20.0 Å². The van der Waals surface area contributed by atoms with Crippen LogP contribution in [0.4, 0.5) is 4.39 Å². The molecule has 2 heterocycles. The molecule has 36 heavy (non-hydrogen) atoms. The van der Waals surface area contributed by atoms with Gasteiger partial charge in [0.25, 0.3) is 17.4 Å². The second kappa shape index (κ2) is 9.95. The third-order valence-corrected chi connectivity index (χ3v) is 7.88. The van der Waals surface area contributed by atoms with Crippen molar-refractivity contribution in [2.75, 3.05) is 19.6 Å². The first kappa shape index (κ1) is 24.3. The van der Waals surface area contributed by atoms with Gasteiger partial charge in [-0.3, -0.25) is 19.2 Å². The summed E-state index contributed by atoms with van der Waals surface area (Å²) in [7, 11) is 0. The quantitative estimate of drug-likeness (QED) is 0.643. The SMILES string of the molecule is C[C@@H]1CN(C(=O)c2cc(Cc3n[nH]c(=O)c4c3CCCC4)ccc2F)CCN1C(=O)C(=O)C1CCC1. The molecule has 1 aromatic carbocycles. The molecular weight excluding hydrogens is 463 g/mol. The second-order valence-corrected chi connectivity index (χ2v) is 10.2. The number of Topliss-reactive ketones (excluding diaryl/α,β-unsaturated/α-hetero) is 1. The van der Waals surface area contributed by atoms with Crippen molar-refractivity contribution < 1.29 is 18.8 Å². The largest absolute Gasteiger partial charge is 0.335 e. The van der Waals surface area contributed by atoms with Gasteiger partial charge >= 0.3 is 0 Å². The first-order valence-electron chi connectivity index (χ1n) is 12.8. The number of aromatic nitrogens is 2. The van der Waals surface area contributed by atoms with Gasteiger partial charge in [0, 0.05) is 43.6 Å². The van der Waals surface area contributed by atoms with E-state index in [-0.39, 0.29) is 48.5 Å². The number of aromatic amines is 1. The lowest BCUT2D eigenvalue weighted by Gasteiger charge is -2.40. The summed E-state index contributed by atoms with van der Waals surface area (Å²) in [5.41, 5.74) is 3.06. The molecule has 9 heteroatoms. The molecule has 1 aromatic heterocycles. The maximum Gasteiger partial charge on any atom is 0.290 e. The van der Waals surface area contributed by atoms with Crippen LogP contribution in [-0.4, -0.2) is 63.3 Å². The monoisotopic (exact) mass is 494 g/mol. The van der Waals surface area contributed by atoms with Crippen LogP contribution in [0.3, 0.4) is 0 Å². The van der Waals surface area contributed by atoms with Gasteiger partial charge in [-0.2, -0.15) is 5.10 Å². The highest BCUT2D eigenvalue weighted by Gasteiger charge is 2.37. The first-order chi connectivity index (χ1) is 17.3. The Balaban J connectivity index is 1.30. The molecule has 1 saturated carbocycles. The van der Waals surface area contributed by atoms with Crippen molar-refractivity contribution in [3.8, 4) is 0 Å². The number of nitrogens with zero attached hydrogens (tertiary/aromatic N) is 3. The van der Waals surface area contributed by atoms with E-state index < -0.39 is 17.6 Å². The Labute approximate surface area is 208 Å². The van der Waals surface area contributed by atoms with Crippen LogP contribution < -0.4 is 5.56 Å². The van der Waals surface area contributed by atoms with Gasteiger partial charge < -0.3 is 9.80 Å². The molecule has 8 nitrogen and oxygen atoms in total. The van der Waals surface area contributed by atoms with E-state index in [0.29, 0.717) is 6.42 Å². The van der Waals surface area contributed by atoms with Crippen LogP contribution in [0.1, 0.15) is 71.8 Å². The third-order valence-electron chi connectivity index (χ3n) is 7.88. The van der Waals surface area contributed by atoms with E-state index in [4.69, 9.17) is 0 Å². The molecule has 1 atom stereocenters. The summed E-state index contributed by atoms with van der Waals surface area (Å²) in [5, 5.41) is 6.83. The number of hydrogen-bond donors (Lipinski definition) is 1. The number of carbonyl (C=O) groups excluding carboxylic acids is 3. The molecule has 2 aliphatic carbocycles. The topological polar surface area (TPSA) is 103 Å². The van der Waals surface area contributed by atoms with Gasteiger partial charge in [-0.15, -0.1) is 0 Å². The molecule has 190 valence electrons. The Morgan fingerprint density at radius 2 is 1.83 bits per heavy atom. The summed E-state index contributed by atoms with van der Waals surface area (Å²) >= 11 is 0. The summed E-state index contributed by atoms with van der Waals surface area (Å²) in [6.45, 7) is 2.54. The number of carbonyl (C=O) groups is 3. The van der Waals surface area contributed by atoms with E-state index in [1.807, 2.05) is 6.92 Å². The Kier molecular flexibility index (Phi) is 6.73. The van der Waals surface area contributed by atoms with Crippen LogP contribution in [0, 0.1) is 11.7 Å². The average Bonchev–Trinajstić information content (AvgIpc) is 2.85. The predicted molar refractivity (Wildman–Crippen MR) is 130 cm³/mol. The number of piperazine rings is 1. The Bertz CT molecular complexity index is 1270. The molecule has 0 unspecified atom stereocenters. The maximum atomic E-state index is 14.8. The Hall–Kier alpha value is -3.36. The molecule has 3 aliphatic rings. The highest BCUT2D eigenvalue weighted by Crippen LogP contribution is 2.28. The fourth-order valence-electron chi connectivity index (χ4n) is 5.51. The summed E-state index contributed by atoms with van der Waals surface area (Å²) < 4.78 is 14.8. The lowest BCUT2D eigenvalue weighted by Crippen LogP contribution is -2.57. The van der Waals surface area contributed by atoms with Crippen LogP contribution in [0.2, 0.25) is 0 Å². The zero-order valence-electron chi connectivity index (χ0n) is 20.5. The minimum atomic E-state index is -0.605. The van der Waals surface area contributed by atoms with E-state index in [1.54, 1.807) is 21.9 Å². The number of ketones is 1. The molecule has 0 spiro atoms. The van der Waals surface area contributed by atoms with Gasteiger partial charge in [-0.05, 0) is 68.7 Å². The molecule has 1 aliphatic heterocycles. The maximum absolute atomic E-state index is 14.8. The summed E-state index contributed by atoms with van der Waals surface area (Å²) in [4.78, 5) is 53.6. The van der Waals surface area contributed by atoms with Crippen LogP contribution in [0.25, 0.3) is 0 Å². The lowest BCUT2D eigenvalue weighted by molar-refractivity contribution is -0.150. The third kappa shape index (κ3) is 4.58. The molecular formula is C27H31FN4O4. The van der Waals surface area contributed by atoms with Crippen molar-refractivity contribution in [1.29, 1.82) is 0 Å². The fourth-order valence-corrected chi connectivity index (χ4v) is 5.51. The van der Waals surface area contributed by atoms with Gasteiger partial charge in [-0.25, -0.2) is 9.49 Å². The van der Waals surface area contributed by atoms with Crippen molar-refractivity contribution in [2.24, 2.45) is 5.92 Å². The summed E-state index contributed by atoms with van der Waals surface area (Å²) in [5.74, 6) is -2.00. The Morgan fingerprint density at radius 3 is 2.53 bits per heavy atom. The highest BCUT2D eigenvalue weighted by molar-refractivity contribution is 6.37. The molecule has 0 radical (unpaired) electrons. The number of amides is 2. The standard InChI is InChI=1S/C27H31FN4O4/c1-16-15-31(11-12-32(16)27(36)24(33)18-5-4-6-18)26(35)21-13-17(9-10-22(21)28)14-23-19-7-2-3-8-20(19)25(34)30-29-23/h9-10,13,16,18H,2-8,11-12,14-15H2,1H3,(H,30,34)/t16-/m1/s1. The van der Waals surface area contributed by atoms with E-state index >= 15 is 0 Å². The number of halogens is 1. The predicted octanol–water partition coefficient (Wildman–Crippen LogP) is 2.42. The van der Waals surface area contributed by atoms with Crippen molar-refractivity contribution in [3.05, 3.63) is 62.3 Å². The first-order valence-corrected chi connectivity index (χ1v) is 12.8. The Morgan fingerprint density at radius 1 is 1.08 bits per heavy atom. The van der Waals surface area contributed by atoms with Crippen LogP contribution in [-0.2, 0) is 28.9 Å². The minimum Gasteiger partial charge on any atom is -0.335 e. The van der Waals surface area contributed by atoms with E-state index in [9.17, 15) is 23.6 Å². The number of hydrogen-bond acceptors (Lipinski definition) is 5. The van der Waals surface area contributed by atoms with Crippen molar-refractivity contribution in [3.63, 3.8) is 0 Å². The molecule has 5 rings (SSSR count). The van der Waals surface area contributed by atoms with Crippen LogP contribution >= 0.6 is 0 Å². The minimum absolute atomic E-state index is 0.0247. The number of rotatable bonds is 5. The number of H-pyrrole nitrogens is 1. The lowest BCUT2D eigenvalue weighted by atomic mass is 9.81. The van der Waals surface area contributed by atoms with E-state index in [0.717, 1.165) is 67.3 Å². The van der Waals surface area contributed by atoms with Gasteiger partial charge in [0.2, 0.25) is 5.78 Å². The van der Waals surface area contributed by atoms with Crippen LogP contribution in [0.15, 0.2) is 23.0 Å². The summed E-state index contributed by atoms with van der Waals surface area (Å²) in [6, 6.07) is 4.16. The van der Waals surface area contributed by atoms with Gasteiger partial charge in [-0.1, -0.05) is 12.5 Å². The van der Waals surface area contributed by atoms with Gasteiger partial charge in [0.15, 0.2) is 0 Å². The smallest absolute Gasteiger partial charge is 0.290 e. The normalized spacial score (nSPS) is 20.0. The zero-order chi connectivity index (χ0) is 25.4. The second-order valence-electron chi connectivity index (χ2n) is 10.2. The molecule has 2 fully saturated rings. The van der Waals surface area contributed by atoms with E-state index in [2.05, 4.69) is 10.2 Å². The van der Waals surface area contributed by atoms with E-state index in [1.165, 1.54) is 6.07 Å². The van der Waals surface area contributed by atoms with Gasteiger partial charge in [0.1, 0.15) is 5.82 Å². The number of nitrogens with one attached hydrogen (secondary N) is 1. The molecule has 2 aromatic rings. The fraction of sp³-hybridized carbons (Fsp3) is 0.519. The summed E-state index contributed by atoms with van der Waals surface area (Å²) in [6.07, 6.45) is 6.40. The van der Waals surface area contributed by atoms with Crippen LogP contribution in [0.5, 0.6) is 0 Å². The zero-order valence-corrected chi connectivity index (χ0v) is 20.5. The average molecular weight is 495 g/mol. The molecule has 1 saturated heterocycles. The molecule has 1 N–H and O–H groups in total.